The molecule has 28 heavy (non-hydrogen) atoms. The van der Waals surface area contributed by atoms with Crippen LogP contribution in [0.25, 0.3) is 0 Å². The SMILES string of the molecule is COc1ccc(CN2CCCC2(C)C)c(OC[C@@H](O)CN2CCN(C)CC2)c1. The van der Waals surface area contributed by atoms with Crippen molar-refractivity contribution in [3.63, 3.8) is 0 Å². The molecule has 0 aliphatic carbocycles. The number of benzene rings is 1. The van der Waals surface area contributed by atoms with E-state index in [0.717, 1.165) is 56.3 Å². The number of methoxy groups -OCH3 is 1. The molecular weight excluding hydrogens is 354 g/mol. The molecule has 1 aromatic rings. The quantitative estimate of drug-likeness (QED) is 0.732. The van der Waals surface area contributed by atoms with Crippen molar-refractivity contribution in [3.05, 3.63) is 23.8 Å². The first-order chi connectivity index (χ1) is 13.4. The zero-order chi connectivity index (χ0) is 20.1. The number of aliphatic hydroxyl groups is 1. The van der Waals surface area contributed by atoms with Gasteiger partial charge in [0.1, 0.15) is 24.2 Å². The minimum Gasteiger partial charge on any atom is -0.497 e. The standard InChI is InChI=1S/C22H37N3O3/c1-22(2)8-5-9-25(22)15-18-6-7-20(27-4)14-21(18)28-17-19(26)16-24-12-10-23(3)11-13-24/h6-7,14,19,26H,5,8-13,15-17H2,1-4H3/t19-/m0/s1. The molecule has 1 aromatic carbocycles. The fourth-order valence-electron chi connectivity index (χ4n) is 4.16. The van der Waals surface area contributed by atoms with Crippen molar-refractivity contribution in [1.29, 1.82) is 0 Å². The lowest BCUT2D eigenvalue weighted by molar-refractivity contribution is 0.0497. The minimum atomic E-state index is -0.495. The van der Waals surface area contributed by atoms with Crippen LogP contribution in [0.15, 0.2) is 18.2 Å². The van der Waals surface area contributed by atoms with Crippen molar-refractivity contribution >= 4 is 0 Å². The molecule has 6 nitrogen and oxygen atoms in total. The molecule has 2 heterocycles. The lowest BCUT2D eigenvalue weighted by Gasteiger charge is -2.33. The predicted molar refractivity (Wildman–Crippen MR) is 112 cm³/mol. The summed E-state index contributed by atoms with van der Waals surface area (Å²) < 4.78 is 11.5. The van der Waals surface area contributed by atoms with Crippen molar-refractivity contribution in [2.45, 2.75) is 44.9 Å². The van der Waals surface area contributed by atoms with Gasteiger partial charge in [0, 0.05) is 56.4 Å². The van der Waals surface area contributed by atoms with Crippen molar-refractivity contribution in [3.8, 4) is 11.5 Å². The molecular formula is C22H37N3O3. The van der Waals surface area contributed by atoms with Gasteiger partial charge in [-0.1, -0.05) is 6.07 Å². The normalized spacial score (nSPS) is 22.3. The van der Waals surface area contributed by atoms with Gasteiger partial charge in [-0.05, 0) is 46.3 Å². The Morgan fingerprint density at radius 3 is 2.54 bits per heavy atom. The minimum absolute atomic E-state index is 0.220. The smallest absolute Gasteiger partial charge is 0.127 e. The van der Waals surface area contributed by atoms with Crippen LogP contribution in [0.2, 0.25) is 0 Å². The summed E-state index contributed by atoms with van der Waals surface area (Å²) in [4.78, 5) is 7.15. The maximum Gasteiger partial charge on any atom is 0.127 e. The summed E-state index contributed by atoms with van der Waals surface area (Å²) >= 11 is 0. The Morgan fingerprint density at radius 1 is 1.14 bits per heavy atom. The fourth-order valence-corrected chi connectivity index (χ4v) is 4.16. The molecule has 158 valence electrons. The average Bonchev–Trinajstić information content (AvgIpc) is 3.01. The molecule has 0 aromatic heterocycles. The van der Waals surface area contributed by atoms with Gasteiger partial charge < -0.3 is 19.5 Å². The second kappa shape index (κ2) is 9.44. The Balaban J connectivity index is 1.59. The van der Waals surface area contributed by atoms with E-state index in [9.17, 15) is 5.11 Å². The second-order valence-corrected chi connectivity index (χ2v) is 8.88. The van der Waals surface area contributed by atoms with Crippen molar-refractivity contribution < 1.29 is 14.6 Å². The summed E-state index contributed by atoms with van der Waals surface area (Å²) in [6, 6.07) is 6.03. The van der Waals surface area contributed by atoms with Gasteiger partial charge >= 0.3 is 0 Å². The molecule has 0 radical (unpaired) electrons. The zero-order valence-corrected chi connectivity index (χ0v) is 18.0. The molecule has 1 atom stereocenters. The first-order valence-electron chi connectivity index (χ1n) is 10.5. The Kier molecular flexibility index (Phi) is 7.20. The van der Waals surface area contributed by atoms with E-state index >= 15 is 0 Å². The Labute approximate surface area is 170 Å². The molecule has 2 fully saturated rings. The highest BCUT2D eigenvalue weighted by molar-refractivity contribution is 5.41. The highest BCUT2D eigenvalue weighted by Crippen LogP contribution is 2.33. The zero-order valence-electron chi connectivity index (χ0n) is 18.0. The highest BCUT2D eigenvalue weighted by Gasteiger charge is 2.32. The summed E-state index contributed by atoms with van der Waals surface area (Å²) in [7, 11) is 3.81. The number of piperazine rings is 1. The van der Waals surface area contributed by atoms with Crippen LogP contribution >= 0.6 is 0 Å². The molecule has 0 amide bonds. The van der Waals surface area contributed by atoms with Gasteiger partial charge in [0.05, 0.1) is 7.11 Å². The van der Waals surface area contributed by atoms with Crippen LogP contribution in [0.3, 0.4) is 0 Å². The number of ether oxygens (including phenoxy) is 2. The number of nitrogens with zero attached hydrogens (tertiary/aromatic N) is 3. The van der Waals surface area contributed by atoms with E-state index in [1.807, 2.05) is 12.1 Å². The average molecular weight is 392 g/mol. The topological polar surface area (TPSA) is 48.4 Å². The van der Waals surface area contributed by atoms with E-state index in [4.69, 9.17) is 9.47 Å². The summed E-state index contributed by atoms with van der Waals surface area (Å²) in [5, 5.41) is 10.5. The molecule has 2 aliphatic rings. The van der Waals surface area contributed by atoms with Crippen LogP contribution in [0.5, 0.6) is 11.5 Å². The van der Waals surface area contributed by atoms with Crippen LogP contribution in [0, 0.1) is 0 Å². The number of β-amino-alcohol motifs (C(OH)–C–C–N with tert-alkyl or cyclic N) is 1. The number of likely N-dealkylation sites (N-methyl/N-ethyl adjacent to an activating group) is 1. The number of rotatable bonds is 8. The molecule has 0 spiro atoms. The molecule has 0 bridgehead atoms. The number of hydrogen-bond donors (Lipinski definition) is 1. The van der Waals surface area contributed by atoms with E-state index in [-0.39, 0.29) is 5.54 Å². The van der Waals surface area contributed by atoms with Crippen LogP contribution in [-0.2, 0) is 6.54 Å². The number of likely N-dealkylation sites (tertiary alicyclic amines) is 1. The van der Waals surface area contributed by atoms with Gasteiger partial charge in [0.15, 0.2) is 0 Å². The summed E-state index contributed by atoms with van der Waals surface area (Å²) in [6.45, 7) is 11.7. The van der Waals surface area contributed by atoms with E-state index in [0.29, 0.717) is 13.2 Å². The third-order valence-corrected chi connectivity index (χ3v) is 6.20. The lowest BCUT2D eigenvalue weighted by Crippen LogP contribution is -2.47. The molecule has 3 rings (SSSR count). The predicted octanol–water partition coefficient (Wildman–Crippen LogP) is 2.06. The molecule has 2 saturated heterocycles. The van der Waals surface area contributed by atoms with E-state index < -0.39 is 6.10 Å². The third-order valence-electron chi connectivity index (χ3n) is 6.20. The highest BCUT2D eigenvalue weighted by atomic mass is 16.5. The second-order valence-electron chi connectivity index (χ2n) is 8.88. The summed E-state index contributed by atoms with van der Waals surface area (Å²) in [5.74, 6) is 1.60. The monoisotopic (exact) mass is 391 g/mol. The molecule has 1 N–H and O–H groups in total. The largest absolute Gasteiger partial charge is 0.497 e. The maximum absolute atomic E-state index is 10.5. The third kappa shape index (κ3) is 5.60. The van der Waals surface area contributed by atoms with Crippen LogP contribution in [0.4, 0.5) is 0 Å². The van der Waals surface area contributed by atoms with Crippen LogP contribution in [-0.4, -0.2) is 91.5 Å². The van der Waals surface area contributed by atoms with Gasteiger partial charge in [0.25, 0.3) is 0 Å². The lowest BCUT2D eigenvalue weighted by atomic mass is 10.0. The van der Waals surface area contributed by atoms with Gasteiger partial charge in [-0.3, -0.25) is 9.80 Å². The van der Waals surface area contributed by atoms with E-state index in [2.05, 4.69) is 41.7 Å². The first-order valence-corrected chi connectivity index (χ1v) is 10.5. The Bertz CT molecular complexity index is 629. The fraction of sp³-hybridized carbons (Fsp3) is 0.727. The summed E-state index contributed by atoms with van der Waals surface area (Å²) in [6.07, 6.45) is 1.97. The molecule has 2 aliphatic heterocycles. The summed E-state index contributed by atoms with van der Waals surface area (Å²) in [5.41, 5.74) is 1.38. The molecule has 0 unspecified atom stereocenters. The van der Waals surface area contributed by atoms with Gasteiger partial charge in [-0.2, -0.15) is 0 Å². The van der Waals surface area contributed by atoms with E-state index in [1.165, 1.54) is 12.8 Å². The Hall–Kier alpha value is -1.34. The van der Waals surface area contributed by atoms with Crippen LogP contribution < -0.4 is 9.47 Å². The van der Waals surface area contributed by atoms with E-state index in [1.54, 1.807) is 7.11 Å². The first kappa shape index (κ1) is 21.4. The van der Waals surface area contributed by atoms with Gasteiger partial charge in [0.2, 0.25) is 0 Å². The van der Waals surface area contributed by atoms with Crippen molar-refractivity contribution in [2.24, 2.45) is 0 Å². The van der Waals surface area contributed by atoms with Gasteiger partial charge in [-0.25, -0.2) is 0 Å². The van der Waals surface area contributed by atoms with Crippen LogP contribution in [0.1, 0.15) is 32.3 Å². The van der Waals surface area contributed by atoms with Crippen molar-refractivity contribution in [1.82, 2.24) is 14.7 Å². The molecule has 0 saturated carbocycles. The Morgan fingerprint density at radius 2 is 1.89 bits per heavy atom. The maximum atomic E-state index is 10.5. The van der Waals surface area contributed by atoms with Crippen molar-refractivity contribution in [2.75, 3.05) is 60.0 Å². The number of aliphatic hydroxyl groups excluding tert-OH is 1. The number of hydrogen-bond acceptors (Lipinski definition) is 6. The van der Waals surface area contributed by atoms with Gasteiger partial charge in [-0.15, -0.1) is 0 Å². The molecule has 6 heteroatoms.